The first kappa shape index (κ1) is 26.7. The Balaban J connectivity index is 1.78. The number of carbonyl (C=O) groups is 1. The van der Waals surface area contributed by atoms with E-state index in [1.807, 2.05) is 60.7 Å². The maximum atomic E-state index is 14.2. The molecule has 5 aromatic rings. The lowest BCUT2D eigenvalue weighted by molar-refractivity contribution is -0.384. The molecule has 196 valence electrons. The standard InChI is InChI=1S/C34H26NO4P/c36-33(26-13-5-1-6-14-26)32(34(37)27-21-23-28(24-22-27)35(38)39)25-40(29-15-7-2-8-16-29,30-17-9-3-10-18-30)31-19-11-4-12-20-31/h1-24H,25H2. The van der Waals surface area contributed by atoms with Crippen LogP contribution in [-0.2, 0) is 0 Å². The Morgan fingerprint density at radius 2 is 0.975 bits per heavy atom. The van der Waals surface area contributed by atoms with Gasteiger partial charge in [-0.2, -0.15) is 0 Å². The van der Waals surface area contributed by atoms with E-state index in [9.17, 15) is 20.0 Å². The highest BCUT2D eigenvalue weighted by molar-refractivity contribution is 7.95. The number of allylic oxidation sites excluding steroid dienone is 1. The van der Waals surface area contributed by atoms with E-state index in [0.717, 1.165) is 15.9 Å². The molecule has 0 bridgehead atoms. The van der Waals surface area contributed by atoms with Crippen molar-refractivity contribution in [2.75, 3.05) is 6.16 Å². The lowest BCUT2D eigenvalue weighted by atomic mass is 10.0. The molecule has 0 heterocycles. The summed E-state index contributed by atoms with van der Waals surface area (Å²) in [6, 6.07) is 44.3. The number of nitro groups is 1. The summed E-state index contributed by atoms with van der Waals surface area (Å²) >= 11 is 0. The van der Waals surface area contributed by atoms with Crippen molar-refractivity contribution >= 4 is 40.4 Å². The molecule has 5 rings (SSSR count). The second kappa shape index (κ2) is 11.9. The van der Waals surface area contributed by atoms with Gasteiger partial charge in [-0.15, -0.1) is 0 Å². The highest BCUT2D eigenvalue weighted by Crippen LogP contribution is 2.57. The van der Waals surface area contributed by atoms with Gasteiger partial charge < -0.3 is 5.11 Å². The van der Waals surface area contributed by atoms with E-state index in [1.165, 1.54) is 24.3 Å². The Hall–Kier alpha value is -4.86. The summed E-state index contributed by atoms with van der Waals surface area (Å²) in [7, 11) is -2.57. The molecule has 0 fully saturated rings. The summed E-state index contributed by atoms with van der Waals surface area (Å²) in [5.74, 6) is -0.785. The monoisotopic (exact) mass is 543 g/mol. The Labute approximate surface area is 233 Å². The fraction of sp³-hybridized carbons (Fsp3) is 0.0294. The lowest BCUT2D eigenvalue weighted by Gasteiger charge is -2.30. The second-order valence-electron chi connectivity index (χ2n) is 9.28. The normalized spacial score (nSPS) is 11.9. The van der Waals surface area contributed by atoms with Gasteiger partial charge in [0.25, 0.3) is 5.69 Å². The molecule has 0 saturated carbocycles. The fourth-order valence-electron chi connectivity index (χ4n) is 4.92. The predicted molar refractivity (Wildman–Crippen MR) is 161 cm³/mol. The largest absolute Gasteiger partial charge is 0.872 e. The number of rotatable bonds is 9. The molecular formula is C34H26NO4P. The van der Waals surface area contributed by atoms with Gasteiger partial charge in [0.05, 0.1) is 4.92 Å². The van der Waals surface area contributed by atoms with E-state index < -0.39 is 18.0 Å². The first-order valence-corrected chi connectivity index (χ1v) is 14.8. The van der Waals surface area contributed by atoms with Crippen LogP contribution >= 0.6 is 7.26 Å². The molecule has 0 N–H and O–H groups in total. The third-order valence-corrected chi connectivity index (χ3v) is 11.2. The van der Waals surface area contributed by atoms with Crippen LogP contribution < -0.4 is 21.0 Å². The zero-order valence-electron chi connectivity index (χ0n) is 21.6. The Morgan fingerprint density at radius 3 is 1.38 bits per heavy atom. The fourth-order valence-corrected chi connectivity index (χ4v) is 9.17. The van der Waals surface area contributed by atoms with Gasteiger partial charge in [-0.25, -0.2) is 0 Å². The molecular weight excluding hydrogens is 517 g/mol. The van der Waals surface area contributed by atoms with E-state index in [1.54, 1.807) is 24.3 Å². The number of nitrogens with zero attached hydrogens (tertiary/aromatic N) is 1. The van der Waals surface area contributed by atoms with E-state index in [2.05, 4.69) is 36.4 Å². The first-order valence-electron chi connectivity index (χ1n) is 12.8. The number of hydrogen-bond acceptors (Lipinski definition) is 4. The molecule has 6 heteroatoms. The van der Waals surface area contributed by atoms with Gasteiger partial charge in [-0.3, -0.25) is 14.9 Å². The number of carbonyl (C=O) groups excluding carboxylic acids is 1. The maximum Gasteiger partial charge on any atom is 0.269 e. The summed E-state index contributed by atoms with van der Waals surface area (Å²) in [6.07, 6.45) is 0.189. The van der Waals surface area contributed by atoms with Crippen LogP contribution in [0.5, 0.6) is 0 Å². The highest BCUT2D eigenvalue weighted by atomic mass is 31.2. The van der Waals surface area contributed by atoms with Gasteiger partial charge in [-0.05, 0) is 54.1 Å². The van der Waals surface area contributed by atoms with Crippen molar-refractivity contribution in [3.8, 4) is 0 Å². The summed E-state index contributed by atoms with van der Waals surface area (Å²) in [5, 5.41) is 28.5. The van der Waals surface area contributed by atoms with E-state index in [0.29, 0.717) is 5.56 Å². The summed E-state index contributed by atoms with van der Waals surface area (Å²) in [4.78, 5) is 24.9. The van der Waals surface area contributed by atoms with Gasteiger partial charge >= 0.3 is 0 Å². The van der Waals surface area contributed by atoms with E-state index >= 15 is 0 Å². The molecule has 0 saturated heterocycles. The van der Waals surface area contributed by atoms with Crippen molar-refractivity contribution in [1.82, 2.24) is 0 Å². The molecule has 0 atom stereocenters. The summed E-state index contributed by atoms with van der Waals surface area (Å²) in [6.45, 7) is 0. The van der Waals surface area contributed by atoms with Gasteiger partial charge in [0.2, 0.25) is 0 Å². The highest BCUT2D eigenvalue weighted by Gasteiger charge is 2.47. The maximum absolute atomic E-state index is 14.2. The van der Waals surface area contributed by atoms with Gasteiger partial charge in [0, 0.05) is 23.3 Å². The quantitative estimate of drug-likeness (QED) is 0.0610. The molecule has 5 aromatic carbocycles. The average Bonchev–Trinajstić information content (AvgIpc) is 3.03. The molecule has 0 aliphatic carbocycles. The SMILES string of the molecule is O=C(/C(C[P+](c1ccccc1)(c1ccccc1)c1ccccc1)=C(/[O-])c1ccccc1)c1ccc([N+](=O)[O-])cc1. The third kappa shape index (κ3) is 5.33. The van der Waals surface area contributed by atoms with Crippen LogP contribution in [0.2, 0.25) is 0 Å². The van der Waals surface area contributed by atoms with Crippen molar-refractivity contribution in [2.24, 2.45) is 0 Å². The van der Waals surface area contributed by atoms with Gasteiger partial charge in [0.15, 0.2) is 5.78 Å². The minimum absolute atomic E-state index is 0.118. The Bertz CT molecular complexity index is 1540. The minimum Gasteiger partial charge on any atom is -0.872 e. The summed E-state index contributed by atoms with van der Waals surface area (Å²) in [5.41, 5.74) is 0.675. The molecule has 5 nitrogen and oxygen atoms in total. The Kier molecular flexibility index (Phi) is 7.95. The lowest BCUT2D eigenvalue weighted by Crippen LogP contribution is -2.35. The van der Waals surface area contributed by atoms with Crippen molar-refractivity contribution in [2.45, 2.75) is 0 Å². The molecule has 0 aromatic heterocycles. The summed E-state index contributed by atoms with van der Waals surface area (Å²) < 4.78 is 0. The van der Waals surface area contributed by atoms with Crippen LogP contribution in [0.1, 0.15) is 15.9 Å². The molecule has 0 aliphatic heterocycles. The van der Waals surface area contributed by atoms with Gasteiger partial charge in [0.1, 0.15) is 29.3 Å². The van der Waals surface area contributed by atoms with Gasteiger partial charge in [-0.1, -0.05) is 90.7 Å². The number of Topliss-reactive ketones (excluding diaryl/α,β-unsaturated/α-hetero) is 1. The van der Waals surface area contributed by atoms with E-state index in [4.69, 9.17) is 0 Å². The van der Waals surface area contributed by atoms with Crippen molar-refractivity contribution in [3.63, 3.8) is 0 Å². The zero-order chi connectivity index (χ0) is 28.0. The predicted octanol–water partition coefficient (Wildman–Crippen LogP) is 5.54. The number of benzene rings is 5. The van der Waals surface area contributed by atoms with Crippen molar-refractivity contribution in [3.05, 3.63) is 172 Å². The van der Waals surface area contributed by atoms with Crippen molar-refractivity contribution < 1.29 is 14.8 Å². The molecule has 0 amide bonds. The number of nitro benzene ring substituents is 1. The second-order valence-corrected chi connectivity index (χ2v) is 12.8. The average molecular weight is 544 g/mol. The number of ketones is 1. The van der Waals surface area contributed by atoms with Crippen LogP contribution in [0.4, 0.5) is 5.69 Å². The molecule has 0 radical (unpaired) electrons. The van der Waals surface area contributed by atoms with Crippen LogP contribution in [0.3, 0.4) is 0 Å². The van der Waals surface area contributed by atoms with Crippen molar-refractivity contribution in [1.29, 1.82) is 0 Å². The molecule has 40 heavy (non-hydrogen) atoms. The van der Waals surface area contributed by atoms with Crippen LogP contribution in [0.25, 0.3) is 5.76 Å². The van der Waals surface area contributed by atoms with Crippen LogP contribution in [0, 0.1) is 10.1 Å². The van der Waals surface area contributed by atoms with E-state index in [-0.39, 0.29) is 28.7 Å². The van der Waals surface area contributed by atoms with Crippen LogP contribution in [-0.4, -0.2) is 16.9 Å². The minimum atomic E-state index is -2.57. The number of non-ortho nitro benzene ring substituents is 1. The molecule has 0 aliphatic rings. The zero-order valence-corrected chi connectivity index (χ0v) is 22.5. The molecule has 0 spiro atoms. The van der Waals surface area contributed by atoms with Crippen LogP contribution in [0.15, 0.2) is 151 Å². The first-order chi connectivity index (χ1) is 19.5. The Morgan fingerprint density at radius 1 is 0.575 bits per heavy atom. The molecule has 0 unspecified atom stereocenters. The number of hydrogen-bond donors (Lipinski definition) is 0. The smallest absolute Gasteiger partial charge is 0.269 e. The topological polar surface area (TPSA) is 83.3 Å². The third-order valence-electron chi connectivity index (χ3n) is 6.91.